The summed E-state index contributed by atoms with van der Waals surface area (Å²) in [6.45, 7) is 0.530. The smallest absolute Gasteiger partial charge is 0.355 e. The van der Waals surface area contributed by atoms with Crippen molar-refractivity contribution in [3.8, 4) is 11.5 Å². The van der Waals surface area contributed by atoms with Gasteiger partial charge in [0.2, 0.25) is 0 Å². The zero-order valence-electron chi connectivity index (χ0n) is 11.0. The highest BCUT2D eigenvalue weighted by Crippen LogP contribution is 2.25. The summed E-state index contributed by atoms with van der Waals surface area (Å²) in [5.74, 6) is 0.424. The number of ether oxygens (including phenoxy) is 2. The monoisotopic (exact) mass is 293 g/mol. The van der Waals surface area contributed by atoms with Gasteiger partial charge in [-0.25, -0.2) is 9.78 Å². The third-order valence-electron chi connectivity index (χ3n) is 2.63. The van der Waals surface area contributed by atoms with Crippen LogP contribution in [0.1, 0.15) is 21.9 Å². The van der Waals surface area contributed by atoms with Crippen LogP contribution >= 0.6 is 11.3 Å². The summed E-state index contributed by atoms with van der Waals surface area (Å²) in [6.07, 6.45) is 1.47. The minimum atomic E-state index is -0.988. The number of rotatable bonds is 7. The molecule has 0 aliphatic heterocycles. The van der Waals surface area contributed by atoms with Crippen LogP contribution in [0, 0.1) is 0 Å². The van der Waals surface area contributed by atoms with Gasteiger partial charge < -0.3 is 14.6 Å². The second kappa shape index (κ2) is 6.91. The molecule has 2 rings (SSSR count). The Labute approximate surface area is 120 Å². The van der Waals surface area contributed by atoms with E-state index in [0.717, 1.165) is 11.4 Å². The first-order valence-corrected chi connectivity index (χ1v) is 7.02. The summed E-state index contributed by atoms with van der Waals surface area (Å²) in [7, 11) is 1.60. The Kier molecular flexibility index (Phi) is 4.95. The van der Waals surface area contributed by atoms with Gasteiger partial charge in [0.1, 0.15) is 0 Å². The molecule has 1 aromatic carbocycles. The number of aromatic carboxylic acids is 1. The molecule has 0 bridgehead atoms. The number of para-hydroxylation sites is 2. The van der Waals surface area contributed by atoms with Gasteiger partial charge in [0, 0.05) is 11.8 Å². The Morgan fingerprint density at radius 1 is 1.35 bits per heavy atom. The summed E-state index contributed by atoms with van der Waals surface area (Å²) < 4.78 is 10.8. The molecule has 1 heterocycles. The van der Waals surface area contributed by atoms with Gasteiger partial charge in [-0.05, 0) is 18.6 Å². The van der Waals surface area contributed by atoms with E-state index in [2.05, 4.69) is 4.98 Å². The van der Waals surface area contributed by atoms with E-state index < -0.39 is 5.97 Å². The fourth-order valence-corrected chi connectivity index (χ4v) is 2.48. The topological polar surface area (TPSA) is 68.7 Å². The van der Waals surface area contributed by atoms with Gasteiger partial charge in [-0.15, -0.1) is 11.3 Å². The fourth-order valence-electron chi connectivity index (χ4n) is 1.67. The number of carboxylic acids is 1. The zero-order chi connectivity index (χ0) is 14.4. The second-order valence-electron chi connectivity index (χ2n) is 4.03. The van der Waals surface area contributed by atoms with E-state index in [0.29, 0.717) is 24.5 Å². The van der Waals surface area contributed by atoms with E-state index in [1.54, 1.807) is 12.5 Å². The van der Waals surface area contributed by atoms with Crippen molar-refractivity contribution in [2.24, 2.45) is 0 Å². The van der Waals surface area contributed by atoms with Crippen LogP contribution in [0.2, 0.25) is 0 Å². The normalized spacial score (nSPS) is 10.2. The maximum Gasteiger partial charge on any atom is 0.355 e. The highest BCUT2D eigenvalue weighted by Gasteiger charge is 2.08. The van der Waals surface area contributed by atoms with E-state index in [9.17, 15) is 4.79 Å². The Hall–Kier alpha value is -2.08. The summed E-state index contributed by atoms with van der Waals surface area (Å²) in [5, 5.41) is 11.1. The van der Waals surface area contributed by atoms with Crippen molar-refractivity contribution in [1.82, 2.24) is 4.98 Å². The van der Waals surface area contributed by atoms with Crippen molar-refractivity contribution in [3.05, 3.63) is 40.3 Å². The molecule has 0 saturated carbocycles. The Balaban J connectivity index is 1.80. The Morgan fingerprint density at radius 2 is 2.10 bits per heavy atom. The predicted molar refractivity (Wildman–Crippen MR) is 75.9 cm³/mol. The Morgan fingerprint density at radius 3 is 2.75 bits per heavy atom. The van der Waals surface area contributed by atoms with Gasteiger partial charge >= 0.3 is 5.97 Å². The molecule has 6 heteroatoms. The first-order chi connectivity index (χ1) is 9.70. The number of nitrogens with zero attached hydrogens (tertiary/aromatic N) is 1. The quantitative estimate of drug-likeness (QED) is 0.795. The van der Waals surface area contributed by atoms with E-state index in [1.165, 1.54) is 11.3 Å². The number of aryl methyl sites for hydroxylation is 1. The van der Waals surface area contributed by atoms with Crippen LogP contribution in [0.25, 0.3) is 0 Å². The maximum absolute atomic E-state index is 10.7. The van der Waals surface area contributed by atoms with Gasteiger partial charge in [-0.3, -0.25) is 0 Å². The van der Waals surface area contributed by atoms with E-state index in [-0.39, 0.29) is 5.69 Å². The van der Waals surface area contributed by atoms with E-state index in [4.69, 9.17) is 14.6 Å². The van der Waals surface area contributed by atoms with Gasteiger partial charge in [0.25, 0.3) is 0 Å². The van der Waals surface area contributed by atoms with Crippen LogP contribution in [-0.2, 0) is 6.42 Å². The number of benzene rings is 1. The number of thiazole rings is 1. The highest BCUT2D eigenvalue weighted by molar-refractivity contribution is 7.09. The standard InChI is InChI=1S/C14H15NO4S/c1-18-11-5-2-3-6-12(11)19-8-4-7-13-15-10(9-20-13)14(16)17/h2-3,5-6,9H,4,7-8H2,1H3,(H,16,17). The molecule has 0 unspecified atom stereocenters. The summed E-state index contributed by atoms with van der Waals surface area (Å²) in [6, 6.07) is 7.46. The molecule has 1 N–H and O–H groups in total. The van der Waals surface area contributed by atoms with Crippen LogP contribution in [0.4, 0.5) is 0 Å². The highest BCUT2D eigenvalue weighted by atomic mass is 32.1. The average molecular weight is 293 g/mol. The molecule has 0 aliphatic rings. The first-order valence-electron chi connectivity index (χ1n) is 6.14. The van der Waals surface area contributed by atoms with E-state index in [1.807, 2.05) is 24.3 Å². The maximum atomic E-state index is 10.7. The predicted octanol–water partition coefficient (Wildman–Crippen LogP) is 2.86. The molecule has 0 aliphatic carbocycles. The minimum Gasteiger partial charge on any atom is -0.493 e. The molecule has 0 fully saturated rings. The summed E-state index contributed by atoms with van der Waals surface area (Å²) in [4.78, 5) is 14.7. The molecule has 5 nitrogen and oxygen atoms in total. The van der Waals surface area contributed by atoms with Gasteiger partial charge in [-0.1, -0.05) is 12.1 Å². The number of carboxylic acid groups (broad SMARTS) is 1. The third kappa shape index (κ3) is 3.71. The number of hydrogen-bond acceptors (Lipinski definition) is 5. The van der Waals surface area contributed by atoms with Crippen molar-refractivity contribution < 1.29 is 19.4 Å². The van der Waals surface area contributed by atoms with Crippen LogP contribution in [-0.4, -0.2) is 29.8 Å². The number of carbonyl (C=O) groups is 1. The number of aromatic nitrogens is 1. The summed E-state index contributed by atoms with van der Waals surface area (Å²) >= 11 is 1.36. The average Bonchev–Trinajstić information content (AvgIpc) is 2.93. The van der Waals surface area contributed by atoms with Gasteiger partial charge in [0.05, 0.1) is 18.7 Å². The van der Waals surface area contributed by atoms with Crippen LogP contribution in [0.15, 0.2) is 29.6 Å². The number of methoxy groups -OCH3 is 1. The molecular weight excluding hydrogens is 278 g/mol. The molecule has 2 aromatic rings. The SMILES string of the molecule is COc1ccccc1OCCCc1nc(C(=O)O)cs1. The molecule has 20 heavy (non-hydrogen) atoms. The lowest BCUT2D eigenvalue weighted by atomic mass is 10.3. The van der Waals surface area contributed by atoms with Gasteiger partial charge in [-0.2, -0.15) is 0 Å². The largest absolute Gasteiger partial charge is 0.493 e. The van der Waals surface area contributed by atoms with Crippen molar-refractivity contribution in [1.29, 1.82) is 0 Å². The fraction of sp³-hybridized carbons (Fsp3) is 0.286. The van der Waals surface area contributed by atoms with Crippen LogP contribution in [0.5, 0.6) is 11.5 Å². The summed E-state index contributed by atoms with van der Waals surface area (Å²) in [5.41, 5.74) is 0.107. The second-order valence-corrected chi connectivity index (χ2v) is 4.98. The van der Waals surface area contributed by atoms with Crippen molar-refractivity contribution in [2.45, 2.75) is 12.8 Å². The lowest BCUT2D eigenvalue weighted by Crippen LogP contribution is -2.01. The minimum absolute atomic E-state index is 0.107. The third-order valence-corrected chi connectivity index (χ3v) is 3.54. The molecule has 0 radical (unpaired) electrons. The van der Waals surface area contributed by atoms with Crippen molar-refractivity contribution >= 4 is 17.3 Å². The zero-order valence-corrected chi connectivity index (χ0v) is 11.9. The first kappa shape index (κ1) is 14.3. The Bertz CT molecular complexity index is 582. The lowest BCUT2D eigenvalue weighted by molar-refractivity contribution is 0.0691. The molecule has 0 spiro atoms. The van der Waals surface area contributed by atoms with Crippen molar-refractivity contribution in [3.63, 3.8) is 0 Å². The van der Waals surface area contributed by atoms with Crippen molar-refractivity contribution in [2.75, 3.05) is 13.7 Å². The number of hydrogen-bond donors (Lipinski definition) is 1. The lowest BCUT2D eigenvalue weighted by Gasteiger charge is -2.09. The van der Waals surface area contributed by atoms with Crippen LogP contribution in [0.3, 0.4) is 0 Å². The molecular formula is C14H15NO4S. The van der Waals surface area contributed by atoms with Gasteiger partial charge in [0.15, 0.2) is 17.2 Å². The molecule has 0 atom stereocenters. The van der Waals surface area contributed by atoms with E-state index >= 15 is 0 Å². The molecule has 106 valence electrons. The van der Waals surface area contributed by atoms with Crippen LogP contribution < -0.4 is 9.47 Å². The molecule has 0 saturated heterocycles. The molecule has 1 aromatic heterocycles. The molecule has 0 amide bonds.